The molecule has 0 spiro atoms. The molecule has 1 atom stereocenters. The Bertz CT molecular complexity index is 838. The molecule has 3 heterocycles. The first-order valence-corrected chi connectivity index (χ1v) is 9.41. The summed E-state index contributed by atoms with van der Waals surface area (Å²) in [6.07, 6.45) is -3.78. The van der Waals surface area contributed by atoms with E-state index in [1.165, 1.54) is 0 Å². The quantitative estimate of drug-likeness (QED) is 0.712. The number of hydrogen-bond acceptors (Lipinski definition) is 4. The Hall–Kier alpha value is -1.86. The number of alkyl halides is 3. The summed E-state index contributed by atoms with van der Waals surface area (Å²) in [4.78, 5) is 15.2. The zero-order chi connectivity index (χ0) is 18.5. The van der Waals surface area contributed by atoms with Gasteiger partial charge in [0.1, 0.15) is 11.9 Å². The minimum atomic E-state index is -4.51. The lowest BCUT2D eigenvalue weighted by atomic mass is 9.85. The predicted octanol–water partition coefficient (Wildman–Crippen LogP) is 4.77. The maximum Gasteiger partial charge on any atom is 0.417 e. The number of ether oxygens (including phenoxy) is 1. The molecule has 7 heteroatoms. The molecule has 2 aliphatic heterocycles. The van der Waals surface area contributed by atoms with E-state index in [1.54, 1.807) is 24.3 Å². The van der Waals surface area contributed by atoms with Crippen LogP contribution in [-0.4, -0.2) is 30.8 Å². The number of hydrogen-bond donors (Lipinski definition) is 0. The molecule has 3 nitrogen and oxygen atoms in total. The maximum atomic E-state index is 13.6. The van der Waals surface area contributed by atoms with Gasteiger partial charge >= 0.3 is 6.18 Å². The smallest absolute Gasteiger partial charge is 0.417 e. The number of carbonyl (C=O) groups excluding carboxylic acids is 1. The summed E-state index contributed by atoms with van der Waals surface area (Å²) in [5.41, 5.74) is -0.374. The van der Waals surface area contributed by atoms with Crippen LogP contribution < -0.4 is 4.74 Å². The zero-order valence-electron chi connectivity index (χ0n) is 14.2. The number of benzene rings is 1. The van der Waals surface area contributed by atoms with Crippen LogP contribution in [0.3, 0.4) is 0 Å². The van der Waals surface area contributed by atoms with Gasteiger partial charge in [-0.2, -0.15) is 13.2 Å². The lowest BCUT2D eigenvalue weighted by Crippen LogP contribution is -2.34. The first kappa shape index (κ1) is 17.5. The van der Waals surface area contributed by atoms with Gasteiger partial charge in [-0.15, -0.1) is 11.3 Å². The summed E-state index contributed by atoms with van der Waals surface area (Å²) >= 11 is 0.872. The summed E-state index contributed by atoms with van der Waals surface area (Å²) in [5, 5.41) is 1.06. The molecule has 1 aromatic heterocycles. The molecule has 2 aliphatic rings. The molecule has 26 heavy (non-hydrogen) atoms. The predicted molar refractivity (Wildman–Crippen MR) is 92.8 cm³/mol. The number of carbonyl (C=O) groups is 1. The monoisotopic (exact) mass is 381 g/mol. The van der Waals surface area contributed by atoms with Crippen molar-refractivity contribution in [2.75, 3.05) is 20.1 Å². The average molecular weight is 381 g/mol. The topological polar surface area (TPSA) is 29.5 Å². The number of rotatable bonds is 1. The van der Waals surface area contributed by atoms with Crippen LogP contribution in [0.15, 0.2) is 29.6 Å². The Morgan fingerprint density at radius 3 is 2.58 bits per heavy atom. The molecular formula is C19H18F3NO2S. The molecule has 4 rings (SSSR count). The molecule has 0 amide bonds. The second-order valence-electron chi connectivity index (χ2n) is 6.89. The summed E-state index contributed by atoms with van der Waals surface area (Å²) in [6, 6.07) is 6.72. The molecule has 1 unspecified atom stereocenters. The number of ketones is 1. The highest BCUT2D eigenvalue weighted by molar-refractivity contribution is 7.12. The number of halogens is 3. The summed E-state index contributed by atoms with van der Waals surface area (Å²) < 4.78 is 47.0. The molecule has 0 saturated carbocycles. The van der Waals surface area contributed by atoms with Gasteiger partial charge in [0.2, 0.25) is 5.78 Å². The Balaban J connectivity index is 1.86. The average Bonchev–Trinajstić information content (AvgIpc) is 3.01. The fourth-order valence-electron chi connectivity index (χ4n) is 3.78. The molecular weight excluding hydrogens is 363 g/mol. The number of para-hydroxylation sites is 1. The SMILES string of the molecule is CN1CCC(C2Oc3ccccc3C(=O)c3scc(C(F)(F)F)c32)CC1. The molecule has 0 aliphatic carbocycles. The van der Waals surface area contributed by atoms with Crippen molar-refractivity contribution in [2.24, 2.45) is 5.92 Å². The van der Waals surface area contributed by atoms with E-state index in [0.717, 1.165) is 42.6 Å². The van der Waals surface area contributed by atoms with E-state index in [4.69, 9.17) is 4.74 Å². The van der Waals surface area contributed by atoms with Crippen molar-refractivity contribution in [1.82, 2.24) is 4.90 Å². The van der Waals surface area contributed by atoms with Gasteiger partial charge in [-0.3, -0.25) is 4.79 Å². The third-order valence-electron chi connectivity index (χ3n) is 5.20. The molecule has 1 fully saturated rings. The zero-order valence-corrected chi connectivity index (χ0v) is 15.0. The molecule has 138 valence electrons. The highest BCUT2D eigenvalue weighted by Gasteiger charge is 2.44. The van der Waals surface area contributed by atoms with E-state index in [9.17, 15) is 18.0 Å². The van der Waals surface area contributed by atoms with Crippen molar-refractivity contribution in [2.45, 2.75) is 25.1 Å². The highest BCUT2D eigenvalue weighted by Crippen LogP contribution is 2.48. The van der Waals surface area contributed by atoms with E-state index in [2.05, 4.69) is 4.90 Å². The minimum Gasteiger partial charge on any atom is -0.485 e. The number of thiophene rings is 1. The number of nitrogens with zero attached hydrogens (tertiary/aromatic N) is 1. The van der Waals surface area contributed by atoms with Gasteiger partial charge in [-0.1, -0.05) is 12.1 Å². The van der Waals surface area contributed by atoms with Gasteiger partial charge < -0.3 is 9.64 Å². The molecule has 0 N–H and O–H groups in total. The van der Waals surface area contributed by atoms with Crippen LogP contribution in [0.5, 0.6) is 5.75 Å². The fourth-order valence-corrected chi connectivity index (χ4v) is 4.85. The Morgan fingerprint density at radius 2 is 1.88 bits per heavy atom. The van der Waals surface area contributed by atoms with E-state index >= 15 is 0 Å². The van der Waals surface area contributed by atoms with Crippen molar-refractivity contribution in [3.63, 3.8) is 0 Å². The largest absolute Gasteiger partial charge is 0.485 e. The van der Waals surface area contributed by atoms with E-state index in [0.29, 0.717) is 11.3 Å². The molecule has 0 bridgehead atoms. The third-order valence-corrected chi connectivity index (χ3v) is 6.20. The van der Waals surface area contributed by atoms with E-state index in [1.807, 2.05) is 7.05 Å². The normalized spacial score (nSPS) is 21.7. The summed E-state index contributed by atoms with van der Waals surface area (Å²) in [7, 11) is 2.00. The fraction of sp³-hybridized carbons (Fsp3) is 0.421. The Kier molecular flexibility index (Phi) is 4.31. The van der Waals surface area contributed by atoms with Crippen molar-refractivity contribution < 1.29 is 22.7 Å². The third kappa shape index (κ3) is 2.93. The molecule has 1 saturated heterocycles. The first-order chi connectivity index (χ1) is 12.4. The van der Waals surface area contributed by atoms with Gasteiger partial charge in [-0.25, -0.2) is 0 Å². The van der Waals surface area contributed by atoms with Crippen LogP contribution in [0.1, 0.15) is 45.3 Å². The standard InChI is InChI=1S/C19H18F3NO2S/c1-23-8-6-11(7-9-23)17-15-13(19(20,21)22)10-26-18(15)16(24)12-4-2-3-5-14(12)25-17/h2-5,10-11,17H,6-9H2,1H3. The van der Waals surface area contributed by atoms with Gasteiger partial charge in [-0.05, 0) is 45.1 Å². The number of piperidine rings is 1. The van der Waals surface area contributed by atoms with Gasteiger partial charge in [0, 0.05) is 16.9 Å². The number of fused-ring (bicyclic) bond motifs is 2. The van der Waals surface area contributed by atoms with Crippen LogP contribution in [0.4, 0.5) is 13.2 Å². The van der Waals surface area contributed by atoms with Crippen molar-refractivity contribution in [3.05, 3.63) is 51.2 Å². The second kappa shape index (κ2) is 6.39. The molecule has 1 aromatic carbocycles. The molecule has 2 aromatic rings. The minimum absolute atomic E-state index is 0.0262. The Morgan fingerprint density at radius 1 is 1.19 bits per heavy atom. The van der Waals surface area contributed by atoms with Gasteiger partial charge in [0.25, 0.3) is 0 Å². The summed E-state index contributed by atoms with van der Waals surface area (Å²) in [6.45, 7) is 1.61. The first-order valence-electron chi connectivity index (χ1n) is 8.53. The van der Waals surface area contributed by atoms with Crippen LogP contribution in [0.2, 0.25) is 0 Å². The number of likely N-dealkylation sites (tertiary alicyclic amines) is 1. The van der Waals surface area contributed by atoms with E-state index < -0.39 is 17.8 Å². The van der Waals surface area contributed by atoms with E-state index in [-0.39, 0.29) is 22.1 Å². The van der Waals surface area contributed by atoms with Crippen LogP contribution in [-0.2, 0) is 6.18 Å². The summed E-state index contributed by atoms with van der Waals surface area (Å²) in [5.74, 6) is -0.0657. The van der Waals surface area contributed by atoms with Crippen molar-refractivity contribution >= 4 is 17.1 Å². The van der Waals surface area contributed by atoms with Gasteiger partial charge in [0.05, 0.1) is 16.0 Å². The lowest BCUT2D eigenvalue weighted by Gasteiger charge is -2.34. The Labute approximate surface area is 153 Å². The maximum absolute atomic E-state index is 13.6. The van der Waals surface area contributed by atoms with Crippen molar-refractivity contribution in [1.29, 1.82) is 0 Å². The molecule has 0 radical (unpaired) electrons. The van der Waals surface area contributed by atoms with Gasteiger partial charge in [0.15, 0.2) is 0 Å². The van der Waals surface area contributed by atoms with Crippen molar-refractivity contribution in [3.8, 4) is 5.75 Å². The van der Waals surface area contributed by atoms with Crippen LogP contribution >= 0.6 is 11.3 Å². The van der Waals surface area contributed by atoms with Crippen LogP contribution in [0, 0.1) is 5.92 Å². The second-order valence-corrected chi connectivity index (χ2v) is 7.77. The highest BCUT2D eigenvalue weighted by atomic mass is 32.1. The van der Waals surface area contributed by atoms with Crippen LogP contribution in [0.25, 0.3) is 0 Å². The lowest BCUT2D eigenvalue weighted by molar-refractivity contribution is -0.139.